The quantitative estimate of drug-likeness (QED) is 0.861. The Labute approximate surface area is 110 Å². The van der Waals surface area contributed by atoms with Gasteiger partial charge in [-0.1, -0.05) is 20.8 Å². The number of nitrogens with zero attached hydrogens (tertiary/aromatic N) is 2. The van der Waals surface area contributed by atoms with E-state index in [1.807, 2.05) is 40.8 Å². The molecule has 0 bridgehead atoms. The van der Waals surface area contributed by atoms with E-state index in [0.717, 1.165) is 17.1 Å². The van der Waals surface area contributed by atoms with E-state index in [1.54, 1.807) is 0 Å². The summed E-state index contributed by atoms with van der Waals surface area (Å²) in [7, 11) is 0. The molecule has 1 aromatic heterocycles. The van der Waals surface area contributed by atoms with Crippen LogP contribution < -0.4 is 5.32 Å². The highest BCUT2D eigenvalue weighted by Crippen LogP contribution is 2.20. The molecule has 2 unspecified atom stereocenters. The van der Waals surface area contributed by atoms with E-state index in [1.165, 1.54) is 0 Å². The topological polar surface area (TPSA) is 58.0 Å². The van der Waals surface area contributed by atoms with E-state index in [4.69, 9.17) is 0 Å². The molecule has 0 aliphatic carbocycles. The van der Waals surface area contributed by atoms with Gasteiger partial charge in [-0.15, -0.1) is 0 Å². The van der Waals surface area contributed by atoms with Gasteiger partial charge in [-0.2, -0.15) is 0 Å². The fraction of sp³-hybridized carbons (Fsp3) is 0.714. The summed E-state index contributed by atoms with van der Waals surface area (Å²) in [5, 5.41) is 13.3. The smallest absolute Gasteiger partial charge is 0.125 e. The van der Waals surface area contributed by atoms with Gasteiger partial charge in [-0.05, 0) is 26.2 Å². The minimum atomic E-state index is -0.369. The molecule has 1 heterocycles. The predicted molar refractivity (Wildman–Crippen MR) is 73.4 cm³/mol. The average molecular weight is 251 g/mol. The minimum absolute atomic E-state index is 0.106. The van der Waals surface area contributed by atoms with E-state index in [-0.39, 0.29) is 17.6 Å². The van der Waals surface area contributed by atoms with Crippen LogP contribution in [-0.4, -0.2) is 27.7 Å². The Morgan fingerprint density at radius 2 is 1.94 bits per heavy atom. The highest BCUT2D eigenvalue weighted by molar-refractivity contribution is 5.19. The molecule has 1 aromatic rings. The van der Waals surface area contributed by atoms with Crippen molar-refractivity contribution in [2.45, 2.75) is 53.7 Å². The SMILES string of the molecule is Cc1ncc(C(C)NCC(O)C(C)(C)C)c(C)n1. The van der Waals surface area contributed by atoms with Gasteiger partial charge < -0.3 is 10.4 Å². The van der Waals surface area contributed by atoms with Crippen molar-refractivity contribution in [2.24, 2.45) is 5.41 Å². The fourth-order valence-electron chi connectivity index (χ4n) is 1.72. The Bertz CT molecular complexity index is 399. The largest absolute Gasteiger partial charge is 0.391 e. The molecule has 18 heavy (non-hydrogen) atoms. The molecular weight excluding hydrogens is 226 g/mol. The molecule has 0 radical (unpaired) electrons. The molecule has 102 valence electrons. The van der Waals surface area contributed by atoms with E-state index >= 15 is 0 Å². The second kappa shape index (κ2) is 5.76. The molecule has 2 N–H and O–H groups in total. The van der Waals surface area contributed by atoms with Crippen LogP contribution in [0.25, 0.3) is 0 Å². The first-order valence-electron chi connectivity index (χ1n) is 6.43. The zero-order chi connectivity index (χ0) is 13.9. The van der Waals surface area contributed by atoms with Gasteiger partial charge in [-0.3, -0.25) is 0 Å². The molecule has 4 heteroatoms. The van der Waals surface area contributed by atoms with Gasteiger partial charge in [0.05, 0.1) is 6.10 Å². The summed E-state index contributed by atoms with van der Waals surface area (Å²) < 4.78 is 0. The molecule has 0 amide bonds. The Morgan fingerprint density at radius 1 is 1.33 bits per heavy atom. The van der Waals surface area contributed by atoms with Crippen LogP contribution in [0.4, 0.5) is 0 Å². The number of hydrogen-bond acceptors (Lipinski definition) is 4. The lowest BCUT2D eigenvalue weighted by Gasteiger charge is -2.27. The van der Waals surface area contributed by atoms with Crippen LogP contribution in [0, 0.1) is 19.3 Å². The third-order valence-electron chi connectivity index (χ3n) is 3.22. The molecule has 0 aromatic carbocycles. The molecule has 0 saturated carbocycles. The molecule has 4 nitrogen and oxygen atoms in total. The van der Waals surface area contributed by atoms with Gasteiger partial charge >= 0.3 is 0 Å². The van der Waals surface area contributed by atoms with E-state index < -0.39 is 0 Å². The molecule has 0 saturated heterocycles. The predicted octanol–water partition coefficient (Wildman–Crippen LogP) is 2.15. The van der Waals surface area contributed by atoms with Gasteiger partial charge in [0.25, 0.3) is 0 Å². The summed E-state index contributed by atoms with van der Waals surface area (Å²) in [6, 6.07) is 0.141. The number of aromatic nitrogens is 2. The third kappa shape index (κ3) is 4.03. The van der Waals surface area contributed by atoms with Crippen molar-refractivity contribution in [3.05, 3.63) is 23.3 Å². The first-order valence-corrected chi connectivity index (χ1v) is 6.43. The van der Waals surface area contributed by atoms with Gasteiger partial charge in [0.2, 0.25) is 0 Å². The standard InChI is InChI=1S/C14H25N3O/c1-9(15-8-13(18)14(4,5)6)12-7-16-11(3)17-10(12)2/h7,9,13,15,18H,8H2,1-6H3. The molecule has 1 rings (SSSR count). The lowest BCUT2D eigenvalue weighted by Crippen LogP contribution is -2.37. The zero-order valence-electron chi connectivity index (χ0n) is 12.3. The number of hydrogen-bond donors (Lipinski definition) is 2. The van der Waals surface area contributed by atoms with Crippen molar-refractivity contribution in [2.75, 3.05) is 6.54 Å². The van der Waals surface area contributed by atoms with Crippen molar-refractivity contribution < 1.29 is 5.11 Å². The lowest BCUT2D eigenvalue weighted by atomic mass is 9.89. The monoisotopic (exact) mass is 251 g/mol. The molecule has 0 fully saturated rings. The Morgan fingerprint density at radius 3 is 2.44 bits per heavy atom. The van der Waals surface area contributed by atoms with Crippen molar-refractivity contribution in [1.29, 1.82) is 0 Å². The van der Waals surface area contributed by atoms with Crippen molar-refractivity contribution in [1.82, 2.24) is 15.3 Å². The highest BCUT2D eigenvalue weighted by Gasteiger charge is 2.22. The summed E-state index contributed by atoms with van der Waals surface area (Å²) in [6.45, 7) is 12.6. The number of rotatable bonds is 4. The fourth-order valence-corrected chi connectivity index (χ4v) is 1.72. The van der Waals surface area contributed by atoms with E-state index in [9.17, 15) is 5.11 Å². The van der Waals surface area contributed by atoms with Crippen molar-refractivity contribution in [3.8, 4) is 0 Å². The molecule has 0 aliphatic heterocycles. The number of aliphatic hydroxyl groups is 1. The van der Waals surface area contributed by atoms with E-state index in [2.05, 4.69) is 22.2 Å². The first kappa shape index (κ1) is 15.1. The van der Waals surface area contributed by atoms with Crippen LogP contribution in [0.1, 0.15) is 50.8 Å². The summed E-state index contributed by atoms with van der Waals surface area (Å²) in [5.41, 5.74) is 1.97. The van der Waals surface area contributed by atoms with Crippen molar-refractivity contribution >= 4 is 0 Å². The maximum absolute atomic E-state index is 10.0. The molecular formula is C14H25N3O. The van der Waals surface area contributed by atoms with Gasteiger partial charge in [-0.25, -0.2) is 9.97 Å². The maximum atomic E-state index is 10.0. The lowest BCUT2D eigenvalue weighted by molar-refractivity contribution is 0.0609. The van der Waals surface area contributed by atoms with Crippen molar-refractivity contribution in [3.63, 3.8) is 0 Å². The third-order valence-corrected chi connectivity index (χ3v) is 3.22. The summed E-state index contributed by atoms with van der Waals surface area (Å²) >= 11 is 0. The Hall–Kier alpha value is -1.00. The maximum Gasteiger partial charge on any atom is 0.125 e. The van der Waals surface area contributed by atoms with Crippen LogP contribution in [-0.2, 0) is 0 Å². The molecule has 0 aliphatic rings. The number of aryl methyl sites for hydroxylation is 2. The van der Waals surface area contributed by atoms with Gasteiger partial charge in [0.15, 0.2) is 0 Å². The normalized spacial score (nSPS) is 15.5. The van der Waals surface area contributed by atoms with Crippen LogP contribution in [0.15, 0.2) is 6.20 Å². The van der Waals surface area contributed by atoms with Crippen LogP contribution in [0.5, 0.6) is 0 Å². The summed E-state index contributed by atoms with van der Waals surface area (Å²) in [5.74, 6) is 0.790. The molecule has 2 atom stereocenters. The average Bonchev–Trinajstić information content (AvgIpc) is 2.24. The van der Waals surface area contributed by atoms with Crippen LogP contribution in [0.2, 0.25) is 0 Å². The zero-order valence-corrected chi connectivity index (χ0v) is 12.3. The highest BCUT2D eigenvalue weighted by atomic mass is 16.3. The minimum Gasteiger partial charge on any atom is -0.391 e. The Balaban J connectivity index is 2.63. The van der Waals surface area contributed by atoms with Gasteiger partial charge in [0.1, 0.15) is 5.82 Å². The van der Waals surface area contributed by atoms with Crippen LogP contribution >= 0.6 is 0 Å². The van der Waals surface area contributed by atoms with E-state index in [0.29, 0.717) is 6.54 Å². The number of aliphatic hydroxyl groups excluding tert-OH is 1. The molecule has 0 spiro atoms. The summed E-state index contributed by atoms with van der Waals surface area (Å²) in [4.78, 5) is 8.58. The van der Waals surface area contributed by atoms with Crippen LogP contribution in [0.3, 0.4) is 0 Å². The first-order chi connectivity index (χ1) is 8.21. The van der Waals surface area contributed by atoms with Gasteiger partial charge in [0, 0.05) is 30.0 Å². The Kier molecular flexibility index (Phi) is 4.82. The number of nitrogens with one attached hydrogen (secondary N) is 1. The summed E-state index contributed by atoms with van der Waals surface area (Å²) in [6.07, 6.45) is 1.49. The second-order valence-corrected chi connectivity index (χ2v) is 5.97. The second-order valence-electron chi connectivity index (χ2n) is 5.97.